The summed E-state index contributed by atoms with van der Waals surface area (Å²) in [5.74, 6) is 6.66. The molecule has 4 aromatic rings. The van der Waals surface area contributed by atoms with Gasteiger partial charge in [0.1, 0.15) is 0 Å². The molecule has 1 heterocycles. The number of benzene rings is 3. The number of hydrogen-bond acceptors (Lipinski definition) is 0. The molecule has 27 heavy (non-hydrogen) atoms. The first-order valence-corrected chi connectivity index (χ1v) is 9.14. The molecule has 0 saturated carbocycles. The summed E-state index contributed by atoms with van der Waals surface area (Å²) in [6.07, 6.45) is 0. The van der Waals surface area contributed by atoms with Crippen LogP contribution in [0.2, 0.25) is 0 Å². The molecule has 4 rings (SSSR count). The van der Waals surface area contributed by atoms with Gasteiger partial charge in [-0.3, -0.25) is 0 Å². The van der Waals surface area contributed by atoms with Crippen molar-refractivity contribution in [3.63, 3.8) is 0 Å². The first kappa shape index (κ1) is 16.9. The number of aromatic nitrogens is 1. The van der Waals surface area contributed by atoms with Gasteiger partial charge in [-0.05, 0) is 49.7 Å². The van der Waals surface area contributed by atoms with Gasteiger partial charge < -0.3 is 4.57 Å². The molecule has 0 aliphatic carbocycles. The van der Waals surface area contributed by atoms with E-state index in [1.54, 1.807) is 0 Å². The van der Waals surface area contributed by atoms with E-state index in [1.165, 1.54) is 11.1 Å². The molecule has 0 bridgehead atoms. The minimum Gasteiger partial charge on any atom is -0.313 e. The van der Waals surface area contributed by atoms with Gasteiger partial charge in [0.25, 0.3) is 0 Å². The van der Waals surface area contributed by atoms with E-state index in [2.05, 4.69) is 84.9 Å². The van der Waals surface area contributed by atoms with Crippen molar-refractivity contribution in [1.82, 2.24) is 4.57 Å². The summed E-state index contributed by atoms with van der Waals surface area (Å²) in [6, 6.07) is 31.5. The fraction of sp³-hybridized carbons (Fsp3) is 0.0769. The molecule has 0 fully saturated rings. The third-order valence-electron chi connectivity index (χ3n) is 4.72. The van der Waals surface area contributed by atoms with Gasteiger partial charge in [-0.15, -0.1) is 0 Å². The molecule has 0 aliphatic heterocycles. The lowest BCUT2D eigenvalue weighted by Gasteiger charge is -2.12. The smallest absolute Gasteiger partial charge is 0.0544 e. The zero-order valence-corrected chi connectivity index (χ0v) is 15.6. The van der Waals surface area contributed by atoms with Crippen LogP contribution in [-0.2, 0) is 0 Å². The third-order valence-corrected chi connectivity index (χ3v) is 4.72. The molecule has 0 N–H and O–H groups in total. The minimum atomic E-state index is 1.03. The highest BCUT2D eigenvalue weighted by atomic mass is 15.0. The number of aryl methyl sites for hydroxylation is 1. The van der Waals surface area contributed by atoms with Crippen LogP contribution in [0.25, 0.3) is 16.9 Å². The summed E-state index contributed by atoms with van der Waals surface area (Å²) in [6.45, 7) is 4.25. The number of hydrogen-bond donors (Lipinski definition) is 0. The Bertz CT molecular complexity index is 1110. The van der Waals surface area contributed by atoms with Gasteiger partial charge in [-0.25, -0.2) is 0 Å². The normalized spacial score (nSPS) is 10.3. The van der Waals surface area contributed by atoms with Crippen molar-refractivity contribution in [2.75, 3.05) is 0 Å². The van der Waals surface area contributed by atoms with Gasteiger partial charge in [0.05, 0.1) is 5.69 Å². The van der Waals surface area contributed by atoms with Crippen LogP contribution in [0.3, 0.4) is 0 Å². The van der Waals surface area contributed by atoms with E-state index in [0.29, 0.717) is 0 Å². The van der Waals surface area contributed by atoms with Crippen molar-refractivity contribution in [2.24, 2.45) is 0 Å². The molecule has 0 aliphatic rings. The van der Waals surface area contributed by atoms with Crippen molar-refractivity contribution in [3.05, 3.63) is 113 Å². The summed E-state index contributed by atoms with van der Waals surface area (Å²) < 4.78 is 2.30. The van der Waals surface area contributed by atoms with Crippen LogP contribution < -0.4 is 0 Å². The summed E-state index contributed by atoms with van der Waals surface area (Å²) in [7, 11) is 0. The minimum absolute atomic E-state index is 1.03. The zero-order valence-electron chi connectivity index (χ0n) is 15.6. The Morgan fingerprint density at radius 1 is 0.667 bits per heavy atom. The molecular formula is C26H21N. The molecule has 0 atom stereocenters. The molecule has 1 aromatic heterocycles. The maximum atomic E-state index is 3.37. The van der Waals surface area contributed by atoms with Gasteiger partial charge in [0.15, 0.2) is 0 Å². The van der Waals surface area contributed by atoms with Crippen molar-refractivity contribution in [1.29, 1.82) is 0 Å². The van der Waals surface area contributed by atoms with E-state index in [4.69, 9.17) is 0 Å². The average Bonchev–Trinajstić information content (AvgIpc) is 3.05. The van der Waals surface area contributed by atoms with Gasteiger partial charge in [0, 0.05) is 22.5 Å². The lowest BCUT2D eigenvalue weighted by molar-refractivity contribution is 1.02. The Kier molecular flexibility index (Phi) is 4.64. The average molecular weight is 347 g/mol. The van der Waals surface area contributed by atoms with E-state index in [-0.39, 0.29) is 0 Å². The largest absolute Gasteiger partial charge is 0.313 e. The highest BCUT2D eigenvalue weighted by Gasteiger charge is 2.13. The zero-order chi connectivity index (χ0) is 18.6. The summed E-state index contributed by atoms with van der Waals surface area (Å²) in [5.41, 5.74) is 8.00. The monoisotopic (exact) mass is 347 g/mol. The van der Waals surface area contributed by atoms with Crippen LogP contribution in [0, 0.1) is 25.7 Å². The maximum absolute atomic E-state index is 3.37. The van der Waals surface area contributed by atoms with Crippen molar-refractivity contribution in [3.8, 4) is 28.8 Å². The maximum Gasteiger partial charge on any atom is 0.0544 e. The lowest BCUT2D eigenvalue weighted by Crippen LogP contribution is -1.99. The number of nitrogens with zero attached hydrogens (tertiary/aromatic N) is 1. The van der Waals surface area contributed by atoms with Gasteiger partial charge in [-0.2, -0.15) is 0 Å². The van der Waals surface area contributed by atoms with Crippen molar-refractivity contribution in [2.45, 2.75) is 13.8 Å². The highest BCUT2D eigenvalue weighted by Crippen LogP contribution is 2.29. The molecule has 0 amide bonds. The van der Waals surface area contributed by atoms with Crippen LogP contribution >= 0.6 is 0 Å². The summed E-state index contributed by atoms with van der Waals surface area (Å²) >= 11 is 0. The van der Waals surface area contributed by atoms with Crippen LogP contribution in [0.1, 0.15) is 22.4 Å². The fourth-order valence-corrected chi connectivity index (χ4v) is 3.24. The Balaban J connectivity index is 1.87. The van der Waals surface area contributed by atoms with E-state index in [0.717, 1.165) is 28.2 Å². The Labute approximate surface area is 160 Å². The predicted octanol–water partition coefficient (Wildman–Crippen LogP) is 6.16. The van der Waals surface area contributed by atoms with Crippen LogP contribution in [0.5, 0.6) is 0 Å². The highest BCUT2D eigenvalue weighted by molar-refractivity contribution is 5.68. The summed E-state index contributed by atoms with van der Waals surface area (Å²) in [5, 5.41) is 0. The summed E-state index contributed by atoms with van der Waals surface area (Å²) in [4.78, 5) is 0. The Morgan fingerprint density at radius 3 is 1.96 bits per heavy atom. The van der Waals surface area contributed by atoms with E-state index in [1.807, 2.05) is 36.4 Å². The molecule has 0 unspecified atom stereocenters. The third kappa shape index (κ3) is 3.57. The van der Waals surface area contributed by atoms with Crippen LogP contribution in [0.4, 0.5) is 0 Å². The molecular weight excluding hydrogens is 326 g/mol. The first-order valence-electron chi connectivity index (χ1n) is 9.14. The quantitative estimate of drug-likeness (QED) is 0.383. The van der Waals surface area contributed by atoms with Crippen molar-refractivity contribution >= 4 is 0 Å². The van der Waals surface area contributed by atoms with E-state index in [9.17, 15) is 0 Å². The Morgan fingerprint density at radius 2 is 1.30 bits per heavy atom. The fourth-order valence-electron chi connectivity index (χ4n) is 3.24. The van der Waals surface area contributed by atoms with Crippen LogP contribution in [0.15, 0.2) is 91.0 Å². The van der Waals surface area contributed by atoms with E-state index < -0.39 is 0 Å². The molecule has 1 heteroatoms. The standard InChI is InChI=1S/C26H21N/c1-20-13-17-25(18-14-20)27-21(2)24(16-15-22-9-5-3-6-10-22)19-26(27)23-11-7-4-8-12-23/h3-14,17-19H,1-2H3. The number of rotatable bonds is 2. The lowest BCUT2D eigenvalue weighted by atomic mass is 10.1. The SMILES string of the molecule is Cc1ccc(-n2c(-c3ccccc3)cc(C#Cc3ccccc3)c2C)cc1. The second-order valence-corrected chi connectivity index (χ2v) is 6.68. The molecule has 1 nitrogen and oxygen atoms in total. The molecule has 130 valence electrons. The van der Waals surface area contributed by atoms with Gasteiger partial charge >= 0.3 is 0 Å². The van der Waals surface area contributed by atoms with Gasteiger partial charge in [0.2, 0.25) is 0 Å². The predicted molar refractivity (Wildman–Crippen MR) is 113 cm³/mol. The molecule has 0 saturated heterocycles. The molecule has 0 radical (unpaired) electrons. The second-order valence-electron chi connectivity index (χ2n) is 6.68. The Hall–Kier alpha value is -3.50. The topological polar surface area (TPSA) is 4.93 Å². The van der Waals surface area contributed by atoms with E-state index >= 15 is 0 Å². The van der Waals surface area contributed by atoms with Crippen molar-refractivity contribution < 1.29 is 0 Å². The van der Waals surface area contributed by atoms with Gasteiger partial charge in [-0.1, -0.05) is 78.1 Å². The second kappa shape index (κ2) is 7.40. The molecule has 3 aromatic carbocycles. The molecule has 0 spiro atoms. The first-order chi connectivity index (χ1) is 13.2. The van der Waals surface area contributed by atoms with Crippen LogP contribution in [-0.4, -0.2) is 4.57 Å².